The van der Waals surface area contributed by atoms with Crippen molar-refractivity contribution in [2.45, 2.75) is 19.9 Å². The van der Waals surface area contributed by atoms with E-state index >= 15 is 0 Å². The first-order valence-electron chi connectivity index (χ1n) is 9.23. The van der Waals surface area contributed by atoms with E-state index in [4.69, 9.17) is 17.0 Å². The molecule has 0 aliphatic carbocycles. The number of benzene rings is 2. The molecule has 0 saturated carbocycles. The van der Waals surface area contributed by atoms with Crippen LogP contribution in [0, 0.1) is 13.8 Å². The van der Waals surface area contributed by atoms with Gasteiger partial charge in [-0.25, -0.2) is 0 Å². The van der Waals surface area contributed by atoms with Gasteiger partial charge in [0.05, 0.1) is 13.2 Å². The number of morpholine rings is 1. The van der Waals surface area contributed by atoms with Crippen LogP contribution in [0.25, 0.3) is 0 Å². The number of anilines is 1. The number of ether oxygens (including phenoxy) is 1. The van der Waals surface area contributed by atoms with Crippen molar-refractivity contribution in [3.05, 3.63) is 65.2 Å². The lowest BCUT2D eigenvalue weighted by Gasteiger charge is -2.29. The Morgan fingerprint density at radius 3 is 2.50 bits per heavy atom. The van der Waals surface area contributed by atoms with E-state index in [2.05, 4.69) is 66.9 Å². The van der Waals surface area contributed by atoms with Crippen LogP contribution in [-0.2, 0) is 4.74 Å². The maximum atomic E-state index is 5.60. The number of thiocarbonyl (C=S) groups is 1. The van der Waals surface area contributed by atoms with Crippen LogP contribution in [0.1, 0.15) is 22.7 Å². The molecule has 26 heavy (non-hydrogen) atoms. The third kappa shape index (κ3) is 5.27. The zero-order valence-corrected chi connectivity index (χ0v) is 16.4. The molecule has 138 valence electrons. The fourth-order valence-corrected chi connectivity index (χ4v) is 3.50. The molecule has 2 aromatic rings. The van der Waals surface area contributed by atoms with Crippen molar-refractivity contribution in [2.75, 3.05) is 38.2 Å². The summed E-state index contributed by atoms with van der Waals surface area (Å²) in [5.41, 5.74) is 4.83. The lowest BCUT2D eigenvalue weighted by molar-refractivity contribution is -0.909. The molecule has 0 unspecified atom stereocenters. The second kappa shape index (κ2) is 9.12. The van der Waals surface area contributed by atoms with Crippen LogP contribution in [0.3, 0.4) is 0 Å². The first kappa shape index (κ1) is 18.8. The Kier molecular flexibility index (Phi) is 6.61. The van der Waals surface area contributed by atoms with E-state index in [9.17, 15) is 0 Å². The highest BCUT2D eigenvalue weighted by Crippen LogP contribution is 2.15. The summed E-state index contributed by atoms with van der Waals surface area (Å²) in [6, 6.07) is 17.0. The van der Waals surface area contributed by atoms with Crippen molar-refractivity contribution in [3.8, 4) is 0 Å². The summed E-state index contributed by atoms with van der Waals surface area (Å²) in [7, 11) is 0. The van der Waals surface area contributed by atoms with E-state index in [0.29, 0.717) is 5.11 Å². The smallest absolute Gasteiger partial charge is 0.171 e. The van der Waals surface area contributed by atoms with E-state index in [1.54, 1.807) is 4.90 Å². The number of quaternary nitrogens is 1. The summed E-state index contributed by atoms with van der Waals surface area (Å²) in [6.07, 6.45) is 0. The van der Waals surface area contributed by atoms with Gasteiger partial charge >= 0.3 is 0 Å². The maximum absolute atomic E-state index is 5.60. The van der Waals surface area contributed by atoms with Gasteiger partial charge in [0.1, 0.15) is 25.7 Å². The molecule has 1 saturated heterocycles. The first-order valence-corrected chi connectivity index (χ1v) is 9.63. The van der Waals surface area contributed by atoms with Crippen molar-refractivity contribution < 1.29 is 9.64 Å². The fourth-order valence-electron chi connectivity index (χ4n) is 3.24. The molecule has 2 aromatic carbocycles. The number of aryl methyl sites for hydroxylation is 2. The van der Waals surface area contributed by atoms with Crippen molar-refractivity contribution in [3.63, 3.8) is 0 Å². The van der Waals surface area contributed by atoms with Gasteiger partial charge in [0.15, 0.2) is 5.11 Å². The lowest BCUT2D eigenvalue weighted by Crippen LogP contribution is -3.14. The van der Waals surface area contributed by atoms with Crippen LogP contribution >= 0.6 is 12.2 Å². The molecule has 4 nitrogen and oxygen atoms in total. The maximum Gasteiger partial charge on any atom is 0.171 e. The predicted octanol–water partition coefficient (Wildman–Crippen LogP) is 2.25. The molecule has 0 radical (unpaired) electrons. The van der Waals surface area contributed by atoms with Gasteiger partial charge in [0.2, 0.25) is 0 Å². The van der Waals surface area contributed by atoms with Gasteiger partial charge in [-0.15, -0.1) is 0 Å². The predicted molar refractivity (Wildman–Crippen MR) is 111 cm³/mol. The average Bonchev–Trinajstić information content (AvgIpc) is 2.66. The van der Waals surface area contributed by atoms with Gasteiger partial charge in [-0.1, -0.05) is 36.4 Å². The highest BCUT2D eigenvalue weighted by Gasteiger charge is 2.22. The second-order valence-electron chi connectivity index (χ2n) is 6.93. The van der Waals surface area contributed by atoms with Crippen LogP contribution in [0.2, 0.25) is 0 Å². The third-order valence-corrected chi connectivity index (χ3v) is 5.18. The lowest BCUT2D eigenvalue weighted by atomic mass is 10.1. The van der Waals surface area contributed by atoms with E-state index in [0.717, 1.165) is 38.5 Å². The van der Waals surface area contributed by atoms with E-state index in [1.807, 2.05) is 6.07 Å². The third-order valence-electron chi connectivity index (χ3n) is 4.96. The van der Waals surface area contributed by atoms with Gasteiger partial charge in [-0.2, -0.15) is 0 Å². The van der Waals surface area contributed by atoms with Gasteiger partial charge in [-0.3, -0.25) is 0 Å². The molecule has 5 heteroatoms. The molecule has 3 rings (SSSR count). The minimum atomic E-state index is 0.177. The molecule has 0 bridgehead atoms. The van der Waals surface area contributed by atoms with Crippen LogP contribution < -0.4 is 15.5 Å². The first-order chi connectivity index (χ1) is 12.6. The molecule has 1 aliphatic heterocycles. The zero-order valence-electron chi connectivity index (χ0n) is 15.5. The summed E-state index contributed by atoms with van der Waals surface area (Å²) in [6.45, 7) is 8.98. The van der Waals surface area contributed by atoms with Crippen LogP contribution in [0.5, 0.6) is 0 Å². The number of hydrogen-bond acceptors (Lipinski definition) is 2. The summed E-state index contributed by atoms with van der Waals surface area (Å²) < 4.78 is 5.49. The molecule has 1 aliphatic rings. The van der Waals surface area contributed by atoms with Gasteiger partial charge in [0.25, 0.3) is 0 Å². The average molecular weight is 371 g/mol. The Morgan fingerprint density at radius 2 is 1.81 bits per heavy atom. The van der Waals surface area contributed by atoms with Crippen molar-refractivity contribution in [2.24, 2.45) is 0 Å². The Hall–Kier alpha value is -1.95. The Labute approximate surface area is 161 Å². The molecular formula is C21H28N3OS+. The topological polar surface area (TPSA) is 37.7 Å². The van der Waals surface area contributed by atoms with E-state index in [-0.39, 0.29) is 6.04 Å². The highest BCUT2D eigenvalue weighted by atomic mass is 32.1. The van der Waals surface area contributed by atoms with Gasteiger partial charge in [0, 0.05) is 5.69 Å². The van der Waals surface area contributed by atoms with Crippen molar-refractivity contribution in [1.29, 1.82) is 0 Å². The summed E-state index contributed by atoms with van der Waals surface area (Å²) >= 11 is 5.60. The molecule has 1 atom stereocenters. The molecule has 0 amide bonds. The second-order valence-corrected chi connectivity index (χ2v) is 7.34. The largest absolute Gasteiger partial charge is 0.370 e. The molecule has 3 N–H and O–H groups in total. The molecular weight excluding hydrogens is 342 g/mol. The van der Waals surface area contributed by atoms with Crippen molar-refractivity contribution >= 4 is 23.0 Å². The van der Waals surface area contributed by atoms with Crippen LogP contribution in [0.15, 0.2) is 48.5 Å². The SMILES string of the molecule is Cc1ccc(NC(=S)N[C@@H](C[NH+]2CCOCC2)c2ccccc2)cc1C. The monoisotopic (exact) mass is 370 g/mol. The highest BCUT2D eigenvalue weighted by molar-refractivity contribution is 7.80. The normalized spacial score (nSPS) is 16.1. The van der Waals surface area contributed by atoms with Crippen molar-refractivity contribution in [1.82, 2.24) is 5.32 Å². The molecule has 0 spiro atoms. The van der Waals surface area contributed by atoms with Crippen LogP contribution in [-0.4, -0.2) is 38.0 Å². The quantitative estimate of drug-likeness (QED) is 0.706. The summed E-state index contributed by atoms with van der Waals surface area (Å²) in [5, 5.41) is 7.52. The Bertz CT molecular complexity index is 729. The number of nitrogens with one attached hydrogen (secondary N) is 3. The van der Waals surface area contributed by atoms with E-state index in [1.165, 1.54) is 16.7 Å². The molecule has 1 heterocycles. The minimum absolute atomic E-state index is 0.177. The van der Waals surface area contributed by atoms with E-state index < -0.39 is 0 Å². The Morgan fingerprint density at radius 1 is 1.08 bits per heavy atom. The number of rotatable bonds is 5. The zero-order chi connectivity index (χ0) is 18.4. The van der Waals surface area contributed by atoms with Gasteiger partial charge in [-0.05, 0) is 54.9 Å². The summed E-state index contributed by atoms with van der Waals surface area (Å²) in [5.74, 6) is 0. The minimum Gasteiger partial charge on any atom is -0.370 e. The van der Waals surface area contributed by atoms with Gasteiger partial charge < -0.3 is 20.3 Å². The van der Waals surface area contributed by atoms with Crippen LogP contribution in [0.4, 0.5) is 5.69 Å². The molecule has 1 fully saturated rings. The Balaban J connectivity index is 1.67. The molecule has 0 aromatic heterocycles. The fraction of sp³-hybridized carbons (Fsp3) is 0.381. The summed E-state index contributed by atoms with van der Waals surface area (Å²) in [4.78, 5) is 1.55. The standard InChI is InChI=1S/C21H27N3OS/c1-16-8-9-19(14-17(16)2)22-21(26)23-20(18-6-4-3-5-7-18)15-24-10-12-25-13-11-24/h3-9,14,20H,10-13,15H2,1-2H3,(H2,22,23,26)/p+1/t20-/m0/s1. The number of hydrogen-bond donors (Lipinski definition) is 3.